The van der Waals surface area contributed by atoms with Gasteiger partial charge in [0.1, 0.15) is 12.4 Å². The van der Waals surface area contributed by atoms with Crippen LogP contribution in [0.3, 0.4) is 0 Å². The second kappa shape index (κ2) is 7.40. The number of benzene rings is 1. The predicted molar refractivity (Wildman–Crippen MR) is 80.5 cm³/mol. The van der Waals surface area contributed by atoms with Crippen LogP contribution in [0.4, 0.5) is 0 Å². The molecule has 1 atom stereocenters. The van der Waals surface area contributed by atoms with Crippen molar-refractivity contribution in [1.82, 2.24) is 10.3 Å². The van der Waals surface area contributed by atoms with Crippen molar-refractivity contribution >= 4 is 5.91 Å². The van der Waals surface area contributed by atoms with E-state index in [0.29, 0.717) is 13.2 Å². The van der Waals surface area contributed by atoms with Crippen molar-refractivity contribution in [3.8, 4) is 5.75 Å². The van der Waals surface area contributed by atoms with E-state index >= 15 is 0 Å². The molecule has 0 saturated heterocycles. The first-order valence-corrected chi connectivity index (χ1v) is 6.78. The zero-order chi connectivity index (χ0) is 15.1. The van der Waals surface area contributed by atoms with Gasteiger partial charge in [0.2, 0.25) is 5.91 Å². The van der Waals surface area contributed by atoms with E-state index in [1.807, 2.05) is 36.4 Å². The highest BCUT2D eigenvalue weighted by Crippen LogP contribution is 2.14. The van der Waals surface area contributed by atoms with Crippen LogP contribution < -0.4 is 15.8 Å². The zero-order valence-corrected chi connectivity index (χ0v) is 12.0. The lowest BCUT2D eigenvalue weighted by molar-refractivity contribution is -0.119. The number of primary amides is 1. The molecule has 5 nitrogen and oxygen atoms in total. The Morgan fingerprint density at radius 1 is 1.29 bits per heavy atom. The van der Waals surface area contributed by atoms with Gasteiger partial charge in [-0.1, -0.05) is 18.2 Å². The molecule has 2 rings (SSSR count). The number of hydrogen-bond donors (Lipinski definition) is 2. The third-order valence-electron chi connectivity index (χ3n) is 3.09. The van der Waals surface area contributed by atoms with Crippen LogP contribution in [0.25, 0.3) is 0 Å². The standard InChI is InChI=1S/C16H19N3O2/c1-12(16(17)20)19-10-13-4-6-15(7-5-13)21-11-14-3-2-8-18-9-14/h2-9,12,19H,10-11H2,1H3,(H2,17,20). The number of nitrogens with zero attached hydrogens (tertiary/aromatic N) is 1. The van der Waals surface area contributed by atoms with Crippen LogP contribution in [-0.2, 0) is 17.9 Å². The van der Waals surface area contributed by atoms with E-state index in [1.54, 1.807) is 19.3 Å². The van der Waals surface area contributed by atoms with Gasteiger partial charge < -0.3 is 15.8 Å². The van der Waals surface area contributed by atoms with Crippen molar-refractivity contribution in [2.45, 2.75) is 26.1 Å². The monoisotopic (exact) mass is 285 g/mol. The summed E-state index contributed by atoms with van der Waals surface area (Å²) in [6, 6.07) is 11.2. The Bertz CT molecular complexity index is 570. The Balaban J connectivity index is 1.83. The van der Waals surface area contributed by atoms with Crippen LogP contribution in [0.5, 0.6) is 5.75 Å². The maximum atomic E-state index is 10.9. The fourth-order valence-corrected chi connectivity index (χ4v) is 1.73. The molecule has 0 aliphatic rings. The van der Waals surface area contributed by atoms with Gasteiger partial charge >= 0.3 is 0 Å². The summed E-state index contributed by atoms with van der Waals surface area (Å²) in [5.74, 6) is 0.442. The van der Waals surface area contributed by atoms with Crippen LogP contribution in [0.1, 0.15) is 18.1 Å². The Morgan fingerprint density at radius 3 is 2.67 bits per heavy atom. The number of rotatable bonds is 7. The van der Waals surface area contributed by atoms with Gasteiger partial charge in [-0.3, -0.25) is 9.78 Å². The lowest BCUT2D eigenvalue weighted by atomic mass is 10.2. The first-order chi connectivity index (χ1) is 10.1. The molecule has 1 aromatic heterocycles. The van der Waals surface area contributed by atoms with Gasteiger partial charge in [0, 0.05) is 24.5 Å². The highest BCUT2D eigenvalue weighted by atomic mass is 16.5. The van der Waals surface area contributed by atoms with Crippen molar-refractivity contribution in [2.24, 2.45) is 5.73 Å². The SMILES string of the molecule is CC(NCc1ccc(OCc2cccnc2)cc1)C(N)=O. The molecule has 1 aromatic carbocycles. The smallest absolute Gasteiger partial charge is 0.234 e. The molecule has 0 aliphatic carbocycles. The topological polar surface area (TPSA) is 77.2 Å². The number of aromatic nitrogens is 1. The van der Waals surface area contributed by atoms with E-state index in [-0.39, 0.29) is 11.9 Å². The van der Waals surface area contributed by atoms with Gasteiger partial charge in [-0.25, -0.2) is 0 Å². The van der Waals surface area contributed by atoms with Gasteiger partial charge in [0.15, 0.2) is 0 Å². The van der Waals surface area contributed by atoms with Crippen LogP contribution in [0.2, 0.25) is 0 Å². The Hall–Kier alpha value is -2.40. The summed E-state index contributed by atoms with van der Waals surface area (Å²) >= 11 is 0. The molecular formula is C16H19N3O2. The average Bonchev–Trinajstić information content (AvgIpc) is 2.52. The molecule has 0 bridgehead atoms. The molecule has 1 heterocycles. The summed E-state index contributed by atoms with van der Waals surface area (Å²) in [5.41, 5.74) is 7.29. The number of carbonyl (C=O) groups excluding carboxylic acids is 1. The van der Waals surface area contributed by atoms with E-state index in [0.717, 1.165) is 16.9 Å². The fraction of sp³-hybridized carbons (Fsp3) is 0.250. The average molecular weight is 285 g/mol. The van der Waals surface area contributed by atoms with Gasteiger partial charge in [-0.15, -0.1) is 0 Å². The van der Waals surface area contributed by atoms with E-state index in [2.05, 4.69) is 10.3 Å². The molecule has 0 spiro atoms. The molecule has 1 unspecified atom stereocenters. The lowest BCUT2D eigenvalue weighted by Crippen LogP contribution is -2.38. The van der Waals surface area contributed by atoms with Gasteiger partial charge in [-0.05, 0) is 30.7 Å². The molecule has 0 saturated carbocycles. The van der Waals surface area contributed by atoms with Gasteiger partial charge in [0.25, 0.3) is 0 Å². The normalized spacial score (nSPS) is 11.9. The predicted octanol–water partition coefficient (Wildman–Crippen LogP) is 1.62. The maximum Gasteiger partial charge on any atom is 0.234 e. The van der Waals surface area contributed by atoms with Crippen LogP contribution in [-0.4, -0.2) is 16.9 Å². The Labute approximate surface area is 124 Å². The van der Waals surface area contributed by atoms with Crippen LogP contribution in [0, 0.1) is 0 Å². The number of pyridine rings is 1. The lowest BCUT2D eigenvalue weighted by Gasteiger charge is -2.11. The third-order valence-corrected chi connectivity index (χ3v) is 3.09. The van der Waals surface area contributed by atoms with Gasteiger partial charge in [-0.2, -0.15) is 0 Å². The third kappa shape index (κ3) is 4.89. The molecule has 0 fully saturated rings. The van der Waals surface area contributed by atoms with Crippen LogP contribution >= 0.6 is 0 Å². The largest absolute Gasteiger partial charge is 0.489 e. The van der Waals surface area contributed by atoms with Crippen molar-refractivity contribution in [1.29, 1.82) is 0 Å². The Kier molecular flexibility index (Phi) is 5.29. The second-order valence-corrected chi connectivity index (χ2v) is 4.80. The summed E-state index contributed by atoms with van der Waals surface area (Å²) < 4.78 is 5.68. The number of hydrogen-bond acceptors (Lipinski definition) is 4. The first-order valence-electron chi connectivity index (χ1n) is 6.78. The minimum atomic E-state index is -0.355. The number of nitrogens with one attached hydrogen (secondary N) is 1. The van der Waals surface area contributed by atoms with Crippen molar-refractivity contribution in [3.05, 3.63) is 59.9 Å². The molecule has 3 N–H and O–H groups in total. The van der Waals surface area contributed by atoms with Crippen LogP contribution in [0.15, 0.2) is 48.8 Å². The number of carbonyl (C=O) groups is 1. The highest BCUT2D eigenvalue weighted by Gasteiger charge is 2.06. The number of ether oxygens (including phenoxy) is 1. The van der Waals surface area contributed by atoms with E-state index in [9.17, 15) is 4.79 Å². The number of nitrogens with two attached hydrogens (primary N) is 1. The number of amides is 1. The quantitative estimate of drug-likeness (QED) is 0.810. The minimum absolute atomic E-state index is 0.341. The molecule has 0 radical (unpaired) electrons. The first kappa shape index (κ1) is 15.0. The fourth-order valence-electron chi connectivity index (χ4n) is 1.73. The van der Waals surface area contributed by atoms with E-state index in [4.69, 9.17) is 10.5 Å². The molecule has 0 aliphatic heterocycles. The van der Waals surface area contributed by atoms with Gasteiger partial charge in [0.05, 0.1) is 6.04 Å². The van der Waals surface area contributed by atoms with E-state index < -0.39 is 0 Å². The summed E-state index contributed by atoms with van der Waals surface area (Å²) in [4.78, 5) is 15.0. The van der Waals surface area contributed by atoms with E-state index in [1.165, 1.54) is 0 Å². The zero-order valence-electron chi connectivity index (χ0n) is 12.0. The molecule has 21 heavy (non-hydrogen) atoms. The van der Waals surface area contributed by atoms with Crippen molar-refractivity contribution in [3.63, 3.8) is 0 Å². The summed E-state index contributed by atoms with van der Waals surface area (Å²) in [6.45, 7) is 2.82. The van der Waals surface area contributed by atoms with Crippen molar-refractivity contribution < 1.29 is 9.53 Å². The molecule has 2 aromatic rings. The highest BCUT2D eigenvalue weighted by molar-refractivity contribution is 5.79. The Morgan fingerprint density at radius 2 is 2.05 bits per heavy atom. The van der Waals surface area contributed by atoms with Crippen molar-refractivity contribution in [2.75, 3.05) is 0 Å². The molecule has 5 heteroatoms. The maximum absolute atomic E-state index is 10.9. The summed E-state index contributed by atoms with van der Waals surface area (Å²) in [5, 5.41) is 3.05. The molecule has 1 amide bonds. The minimum Gasteiger partial charge on any atom is -0.489 e. The molecular weight excluding hydrogens is 266 g/mol. The summed E-state index contributed by atoms with van der Waals surface area (Å²) in [6.07, 6.45) is 3.52. The second-order valence-electron chi connectivity index (χ2n) is 4.80. The molecule has 110 valence electrons. The summed E-state index contributed by atoms with van der Waals surface area (Å²) in [7, 11) is 0.